The van der Waals surface area contributed by atoms with E-state index in [0.29, 0.717) is 0 Å². The normalized spacial score (nSPS) is 10.6. The van der Waals surface area contributed by atoms with Crippen molar-refractivity contribution in [2.75, 3.05) is 21.3 Å². The minimum absolute atomic E-state index is 0.894. The molecule has 0 fully saturated rings. The Morgan fingerprint density at radius 1 is 0.520 bits per heavy atom. The zero-order chi connectivity index (χ0) is 17.6. The van der Waals surface area contributed by atoms with Gasteiger partial charge in [0.15, 0.2) is 0 Å². The summed E-state index contributed by atoms with van der Waals surface area (Å²) in [7, 11) is 5.13. The van der Waals surface area contributed by atoms with Crippen molar-refractivity contribution in [3.05, 3.63) is 72.8 Å². The predicted octanol–water partition coefficient (Wildman–Crippen LogP) is 1.96. The molecule has 0 heterocycles. The fourth-order valence-corrected chi connectivity index (χ4v) is 11.8. The average Bonchev–Trinajstić information content (AvgIpc) is 2.68. The SMILES string of the molecule is COc1ccc[c]([SnH]([c]2cccc(OC)c2)[c]2cccc(OC)c2)c1. The Labute approximate surface area is 155 Å². The van der Waals surface area contributed by atoms with Gasteiger partial charge in [0, 0.05) is 0 Å². The van der Waals surface area contributed by atoms with E-state index in [1.807, 2.05) is 18.2 Å². The van der Waals surface area contributed by atoms with Crippen LogP contribution < -0.4 is 24.9 Å². The van der Waals surface area contributed by atoms with Crippen LogP contribution in [0.3, 0.4) is 0 Å². The van der Waals surface area contributed by atoms with E-state index < -0.39 is 19.8 Å². The molecule has 128 valence electrons. The van der Waals surface area contributed by atoms with Crippen LogP contribution in [0.25, 0.3) is 0 Å². The van der Waals surface area contributed by atoms with Crippen molar-refractivity contribution < 1.29 is 14.2 Å². The van der Waals surface area contributed by atoms with E-state index in [-0.39, 0.29) is 0 Å². The molecule has 3 aromatic rings. The average molecular weight is 441 g/mol. The van der Waals surface area contributed by atoms with Gasteiger partial charge in [-0.2, -0.15) is 0 Å². The van der Waals surface area contributed by atoms with Gasteiger partial charge in [-0.25, -0.2) is 0 Å². The van der Waals surface area contributed by atoms with Crippen molar-refractivity contribution in [3.8, 4) is 17.2 Å². The van der Waals surface area contributed by atoms with Gasteiger partial charge in [-0.15, -0.1) is 0 Å². The fraction of sp³-hybridized carbons (Fsp3) is 0.143. The van der Waals surface area contributed by atoms with Gasteiger partial charge in [-0.3, -0.25) is 0 Å². The number of benzene rings is 3. The molecule has 0 saturated heterocycles. The summed E-state index contributed by atoms with van der Waals surface area (Å²) < 4.78 is 20.4. The van der Waals surface area contributed by atoms with Crippen molar-refractivity contribution >= 4 is 30.5 Å². The van der Waals surface area contributed by atoms with E-state index in [4.69, 9.17) is 14.2 Å². The summed E-state index contributed by atoms with van der Waals surface area (Å²) >= 11 is -2.56. The first-order chi connectivity index (χ1) is 12.2. The van der Waals surface area contributed by atoms with E-state index >= 15 is 0 Å². The molecule has 0 spiro atoms. The van der Waals surface area contributed by atoms with Crippen LogP contribution in [0.4, 0.5) is 0 Å². The second kappa shape index (κ2) is 8.30. The Hall–Kier alpha value is -2.14. The third kappa shape index (κ3) is 4.10. The van der Waals surface area contributed by atoms with Gasteiger partial charge in [-0.05, 0) is 0 Å². The first kappa shape index (κ1) is 17.7. The van der Waals surface area contributed by atoms with Crippen molar-refractivity contribution in [3.63, 3.8) is 0 Å². The van der Waals surface area contributed by atoms with E-state index in [2.05, 4.69) is 54.6 Å². The topological polar surface area (TPSA) is 27.7 Å². The number of methoxy groups -OCH3 is 3. The first-order valence-electron chi connectivity index (χ1n) is 8.17. The molecule has 0 bridgehead atoms. The number of ether oxygens (including phenoxy) is 3. The Balaban J connectivity index is 2.16. The molecule has 0 aliphatic rings. The van der Waals surface area contributed by atoms with Gasteiger partial charge < -0.3 is 0 Å². The monoisotopic (exact) mass is 442 g/mol. The molecule has 0 atom stereocenters. The fourth-order valence-electron chi connectivity index (χ4n) is 3.04. The Kier molecular flexibility index (Phi) is 5.86. The van der Waals surface area contributed by atoms with E-state index in [1.165, 1.54) is 10.7 Å². The van der Waals surface area contributed by atoms with Crippen LogP contribution >= 0.6 is 0 Å². The van der Waals surface area contributed by atoms with Crippen LogP contribution in [0.5, 0.6) is 17.2 Å². The van der Waals surface area contributed by atoms with Gasteiger partial charge in [0.05, 0.1) is 0 Å². The zero-order valence-corrected chi connectivity index (χ0v) is 18.0. The quantitative estimate of drug-likeness (QED) is 0.548. The summed E-state index contributed by atoms with van der Waals surface area (Å²) in [6, 6.07) is 25.3. The van der Waals surface area contributed by atoms with Gasteiger partial charge in [0.25, 0.3) is 0 Å². The zero-order valence-electron chi connectivity index (χ0n) is 14.7. The number of hydrogen-bond donors (Lipinski definition) is 0. The maximum atomic E-state index is 5.45. The van der Waals surface area contributed by atoms with Crippen molar-refractivity contribution in [1.29, 1.82) is 0 Å². The third-order valence-corrected chi connectivity index (χ3v) is 13.1. The van der Waals surface area contributed by atoms with Gasteiger partial charge in [0.1, 0.15) is 0 Å². The molecule has 0 unspecified atom stereocenters. The first-order valence-corrected chi connectivity index (χ1v) is 13.1. The van der Waals surface area contributed by atoms with E-state index in [1.54, 1.807) is 21.3 Å². The summed E-state index contributed by atoms with van der Waals surface area (Å²) in [6.07, 6.45) is 0. The van der Waals surface area contributed by atoms with Gasteiger partial charge >= 0.3 is 156 Å². The van der Waals surface area contributed by atoms with Crippen LogP contribution in [-0.4, -0.2) is 41.1 Å². The Morgan fingerprint density at radius 2 is 0.840 bits per heavy atom. The summed E-state index contributed by atoms with van der Waals surface area (Å²) in [5.74, 6) is 2.68. The van der Waals surface area contributed by atoms with Crippen molar-refractivity contribution in [1.82, 2.24) is 0 Å². The van der Waals surface area contributed by atoms with Crippen LogP contribution in [0, 0.1) is 0 Å². The molecule has 0 aliphatic carbocycles. The summed E-state index contributed by atoms with van der Waals surface area (Å²) in [5.41, 5.74) is 0. The second-order valence-corrected chi connectivity index (χ2v) is 13.9. The number of hydrogen-bond acceptors (Lipinski definition) is 3. The van der Waals surface area contributed by atoms with Crippen molar-refractivity contribution in [2.24, 2.45) is 0 Å². The maximum absolute atomic E-state index is 5.45. The molecule has 0 aromatic heterocycles. The van der Waals surface area contributed by atoms with Crippen molar-refractivity contribution in [2.45, 2.75) is 0 Å². The van der Waals surface area contributed by atoms with Crippen LogP contribution in [0.15, 0.2) is 72.8 Å². The molecule has 3 nitrogen and oxygen atoms in total. The van der Waals surface area contributed by atoms with Crippen LogP contribution in [-0.2, 0) is 0 Å². The molecule has 4 heteroatoms. The molecule has 3 aromatic carbocycles. The molecular formula is C21H22O3Sn. The van der Waals surface area contributed by atoms with E-state index in [9.17, 15) is 0 Å². The molecule has 0 saturated carbocycles. The summed E-state index contributed by atoms with van der Waals surface area (Å²) in [6.45, 7) is 0. The van der Waals surface area contributed by atoms with Gasteiger partial charge in [0.2, 0.25) is 0 Å². The number of rotatable bonds is 6. The molecular weight excluding hydrogens is 419 g/mol. The Morgan fingerprint density at radius 3 is 1.12 bits per heavy atom. The summed E-state index contributed by atoms with van der Waals surface area (Å²) in [4.78, 5) is 0. The second-order valence-electron chi connectivity index (χ2n) is 5.76. The Bertz CT molecular complexity index is 735. The van der Waals surface area contributed by atoms with E-state index in [0.717, 1.165) is 17.2 Å². The molecule has 3 rings (SSSR count). The molecule has 25 heavy (non-hydrogen) atoms. The molecule has 0 amide bonds. The molecule has 0 N–H and O–H groups in total. The summed E-state index contributed by atoms with van der Waals surface area (Å²) in [5, 5.41) is 0. The molecule has 0 aliphatic heterocycles. The minimum atomic E-state index is -2.56. The predicted molar refractivity (Wildman–Crippen MR) is 105 cm³/mol. The standard InChI is InChI=1S/3C7H7O.Sn.H/c3*1-8-7-5-3-2-4-6-7;;/h3*2-3,5-6H,1H3;;. The van der Waals surface area contributed by atoms with Crippen LogP contribution in [0.2, 0.25) is 0 Å². The van der Waals surface area contributed by atoms with Crippen LogP contribution in [0.1, 0.15) is 0 Å². The molecule has 0 radical (unpaired) electrons. The third-order valence-electron chi connectivity index (χ3n) is 4.28. The van der Waals surface area contributed by atoms with Gasteiger partial charge in [-0.1, -0.05) is 0 Å².